The van der Waals surface area contributed by atoms with E-state index in [1.54, 1.807) is 14.2 Å². The first kappa shape index (κ1) is 19.0. The molecule has 154 valence electrons. The zero-order valence-corrected chi connectivity index (χ0v) is 17.8. The summed E-state index contributed by atoms with van der Waals surface area (Å²) in [6.07, 6.45) is 2.71. The second-order valence-corrected chi connectivity index (χ2v) is 8.97. The SMILES string of the molecule is COc1ccc([C@@H]2CN(Cc3ccc(OC)c(C)c3)[C@@H]3C4CCN(CC4)[C@@H]32)cc1. The van der Waals surface area contributed by atoms with Crippen molar-refractivity contribution in [1.82, 2.24) is 9.80 Å². The molecule has 0 N–H and O–H groups in total. The van der Waals surface area contributed by atoms with Crippen molar-refractivity contribution in [2.45, 2.75) is 44.3 Å². The number of methoxy groups -OCH3 is 2. The van der Waals surface area contributed by atoms with Crippen LogP contribution in [0, 0.1) is 12.8 Å². The molecule has 2 aromatic rings. The fourth-order valence-electron chi connectivity index (χ4n) is 6.14. The molecule has 4 heteroatoms. The molecule has 0 saturated carbocycles. The topological polar surface area (TPSA) is 24.9 Å². The average molecular weight is 393 g/mol. The number of ether oxygens (including phenoxy) is 2. The molecular weight excluding hydrogens is 360 g/mol. The summed E-state index contributed by atoms with van der Waals surface area (Å²) in [5, 5.41) is 0. The Kier molecular flexibility index (Phi) is 5.00. The van der Waals surface area contributed by atoms with Gasteiger partial charge in [-0.15, -0.1) is 0 Å². The number of likely N-dealkylation sites (tertiary alicyclic amines) is 1. The monoisotopic (exact) mass is 392 g/mol. The minimum atomic E-state index is 0.577. The van der Waals surface area contributed by atoms with Gasteiger partial charge in [-0.1, -0.05) is 24.3 Å². The quantitative estimate of drug-likeness (QED) is 0.766. The highest BCUT2D eigenvalue weighted by Gasteiger charge is 2.53. The molecule has 0 spiro atoms. The highest BCUT2D eigenvalue weighted by molar-refractivity contribution is 5.37. The molecule has 4 nitrogen and oxygen atoms in total. The number of piperidine rings is 3. The summed E-state index contributed by atoms with van der Waals surface area (Å²) in [6, 6.07) is 16.8. The molecule has 4 aliphatic rings. The number of benzene rings is 2. The summed E-state index contributed by atoms with van der Waals surface area (Å²) in [4.78, 5) is 5.55. The molecule has 0 radical (unpaired) electrons. The molecule has 6 rings (SSSR count). The molecule has 4 saturated heterocycles. The summed E-state index contributed by atoms with van der Waals surface area (Å²) in [5.74, 6) is 3.34. The van der Waals surface area contributed by atoms with Crippen LogP contribution in [-0.2, 0) is 6.54 Å². The van der Waals surface area contributed by atoms with Crippen LogP contribution >= 0.6 is 0 Å². The van der Waals surface area contributed by atoms with Crippen LogP contribution in [0.2, 0.25) is 0 Å². The molecule has 4 aliphatic heterocycles. The number of nitrogens with zero attached hydrogens (tertiary/aromatic N) is 2. The van der Waals surface area contributed by atoms with E-state index in [-0.39, 0.29) is 0 Å². The Balaban J connectivity index is 1.43. The summed E-state index contributed by atoms with van der Waals surface area (Å²) in [6.45, 7) is 6.86. The number of hydrogen-bond donors (Lipinski definition) is 0. The molecule has 29 heavy (non-hydrogen) atoms. The number of aryl methyl sites for hydroxylation is 1. The Hall–Kier alpha value is -2.04. The van der Waals surface area contributed by atoms with Gasteiger partial charge in [-0.05, 0) is 73.7 Å². The summed E-state index contributed by atoms with van der Waals surface area (Å²) >= 11 is 0. The highest BCUT2D eigenvalue weighted by atomic mass is 16.5. The smallest absolute Gasteiger partial charge is 0.121 e. The van der Waals surface area contributed by atoms with Gasteiger partial charge in [0.05, 0.1) is 14.2 Å². The zero-order valence-electron chi connectivity index (χ0n) is 17.8. The minimum absolute atomic E-state index is 0.577. The summed E-state index contributed by atoms with van der Waals surface area (Å²) in [5.41, 5.74) is 4.08. The van der Waals surface area contributed by atoms with E-state index in [2.05, 4.69) is 59.2 Å². The maximum absolute atomic E-state index is 5.46. The van der Waals surface area contributed by atoms with Crippen molar-refractivity contribution in [2.24, 2.45) is 5.92 Å². The van der Waals surface area contributed by atoms with Gasteiger partial charge in [0, 0.05) is 31.1 Å². The van der Waals surface area contributed by atoms with Crippen molar-refractivity contribution in [3.05, 3.63) is 59.2 Å². The van der Waals surface area contributed by atoms with Gasteiger partial charge in [0.15, 0.2) is 0 Å². The fourth-order valence-corrected chi connectivity index (χ4v) is 6.14. The van der Waals surface area contributed by atoms with Crippen molar-refractivity contribution in [1.29, 1.82) is 0 Å². The summed E-state index contributed by atoms with van der Waals surface area (Å²) in [7, 11) is 3.49. The fraction of sp³-hybridized carbons (Fsp3) is 0.520. The third kappa shape index (κ3) is 3.32. The number of hydrogen-bond acceptors (Lipinski definition) is 4. The van der Waals surface area contributed by atoms with Gasteiger partial charge in [0.2, 0.25) is 0 Å². The third-order valence-electron chi connectivity index (χ3n) is 7.48. The van der Waals surface area contributed by atoms with Gasteiger partial charge in [-0.2, -0.15) is 0 Å². The van der Waals surface area contributed by atoms with E-state index in [0.29, 0.717) is 18.0 Å². The van der Waals surface area contributed by atoms with Crippen molar-refractivity contribution >= 4 is 0 Å². The van der Waals surface area contributed by atoms with Crippen LogP contribution in [0.4, 0.5) is 0 Å². The molecule has 3 atom stereocenters. The van der Waals surface area contributed by atoms with Gasteiger partial charge in [0.1, 0.15) is 11.5 Å². The van der Waals surface area contributed by atoms with E-state index in [1.807, 2.05) is 0 Å². The van der Waals surface area contributed by atoms with E-state index in [1.165, 1.54) is 42.6 Å². The minimum Gasteiger partial charge on any atom is -0.497 e. The van der Waals surface area contributed by atoms with E-state index in [4.69, 9.17) is 9.47 Å². The van der Waals surface area contributed by atoms with Gasteiger partial charge < -0.3 is 9.47 Å². The van der Waals surface area contributed by atoms with E-state index >= 15 is 0 Å². The normalized spacial score (nSPS) is 30.9. The standard InChI is InChI=1S/C25H32N2O2/c1-17-14-18(4-9-23(17)29-3)15-27-16-22(19-5-7-21(28-2)8-6-19)25-24(27)20-10-12-26(25)13-11-20/h4-9,14,20,22,24-25H,10-13,15-16H2,1-3H3/t22-,24+,25+/m0/s1. The Morgan fingerprint density at radius 2 is 1.69 bits per heavy atom. The molecule has 0 amide bonds. The predicted octanol–water partition coefficient (Wildman–Crippen LogP) is 4.07. The van der Waals surface area contributed by atoms with Crippen LogP contribution in [0.25, 0.3) is 0 Å². The van der Waals surface area contributed by atoms with Crippen molar-refractivity contribution < 1.29 is 9.47 Å². The van der Waals surface area contributed by atoms with E-state index in [0.717, 1.165) is 30.5 Å². The van der Waals surface area contributed by atoms with Crippen molar-refractivity contribution in [2.75, 3.05) is 33.9 Å². The van der Waals surface area contributed by atoms with Crippen LogP contribution in [-0.4, -0.2) is 55.7 Å². The zero-order chi connectivity index (χ0) is 20.0. The van der Waals surface area contributed by atoms with Crippen LogP contribution < -0.4 is 9.47 Å². The van der Waals surface area contributed by atoms with Gasteiger partial charge in [-0.25, -0.2) is 0 Å². The molecule has 4 heterocycles. The molecule has 0 aromatic heterocycles. The van der Waals surface area contributed by atoms with Crippen molar-refractivity contribution in [3.8, 4) is 11.5 Å². The molecule has 2 bridgehead atoms. The van der Waals surface area contributed by atoms with Crippen molar-refractivity contribution in [3.63, 3.8) is 0 Å². The summed E-state index contributed by atoms with van der Waals surface area (Å²) < 4.78 is 10.8. The molecule has 0 unspecified atom stereocenters. The predicted molar refractivity (Wildman–Crippen MR) is 116 cm³/mol. The Morgan fingerprint density at radius 1 is 0.931 bits per heavy atom. The maximum Gasteiger partial charge on any atom is 0.121 e. The molecule has 0 aliphatic carbocycles. The molecule has 4 fully saturated rings. The van der Waals surface area contributed by atoms with Gasteiger partial charge >= 0.3 is 0 Å². The largest absolute Gasteiger partial charge is 0.497 e. The molecular formula is C25H32N2O2. The van der Waals surface area contributed by atoms with Gasteiger partial charge in [0.25, 0.3) is 0 Å². The first-order valence-electron chi connectivity index (χ1n) is 10.9. The lowest BCUT2D eigenvalue weighted by Crippen LogP contribution is -2.59. The van der Waals surface area contributed by atoms with Crippen LogP contribution in [0.3, 0.4) is 0 Å². The van der Waals surface area contributed by atoms with Gasteiger partial charge in [-0.3, -0.25) is 9.80 Å². The van der Waals surface area contributed by atoms with Crippen LogP contribution in [0.5, 0.6) is 11.5 Å². The second-order valence-electron chi connectivity index (χ2n) is 8.97. The Bertz CT molecular complexity index is 858. The first-order valence-corrected chi connectivity index (χ1v) is 10.9. The lowest BCUT2D eigenvalue weighted by Gasteiger charge is -2.51. The number of fused-ring (bicyclic) bond motifs is 2. The lowest BCUT2D eigenvalue weighted by atomic mass is 9.75. The van der Waals surface area contributed by atoms with Crippen LogP contribution in [0.1, 0.15) is 35.4 Å². The third-order valence-corrected chi connectivity index (χ3v) is 7.48. The average Bonchev–Trinajstić information content (AvgIpc) is 3.16. The molecule has 2 aromatic carbocycles. The number of rotatable bonds is 5. The Morgan fingerprint density at radius 3 is 2.34 bits per heavy atom. The first-order chi connectivity index (χ1) is 14.2. The van der Waals surface area contributed by atoms with E-state index < -0.39 is 0 Å². The van der Waals surface area contributed by atoms with E-state index in [9.17, 15) is 0 Å². The second kappa shape index (κ2) is 7.66. The van der Waals surface area contributed by atoms with Crippen LogP contribution in [0.15, 0.2) is 42.5 Å². The Labute approximate surface area is 174 Å². The lowest BCUT2D eigenvalue weighted by molar-refractivity contribution is -0.00869. The maximum atomic E-state index is 5.46. The highest BCUT2D eigenvalue weighted by Crippen LogP contribution is 2.47.